The average molecular weight is 352 g/mol. The van der Waals surface area contributed by atoms with E-state index < -0.39 is 17.3 Å². The molecular formula is C14H17BrF3NO. The molecule has 0 saturated carbocycles. The van der Waals surface area contributed by atoms with E-state index >= 15 is 0 Å². The maximum absolute atomic E-state index is 12.8. The molecule has 0 spiro atoms. The van der Waals surface area contributed by atoms with Gasteiger partial charge in [-0.1, -0.05) is 0 Å². The average Bonchev–Trinajstić information content (AvgIpc) is 2.84. The van der Waals surface area contributed by atoms with E-state index in [9.17, 15) is 13.2 Å². The molecule has 1 atom stereocenters. The Kier molecular flexibility index (Phi) is 4.35. The summed E-state index contributed by atoms with van der Waals surface area (Å²) in [4.78, 5) is 0. The summed E-state index contributed by atoms with van der Waals surface area (Å²) < 4.78 is 44.7. The van der Waals surface area contributed by atoms with Gasteiger partial charge in [-0.25, -0.2) is 0 Å². The summed E-state index contributed by atoms with van der Waals surface area (Å²) in [5, 5.41) is 3.24. The van der Waals surface area contributed by atoms with Crippen molar-refractivity contribution in [2.75, 3.05) is 13.1 Å². The van der Waals surface area contributed by atoms with Crippen LogP contribution in [0.2, 0.25) is 0 Å². The van der Waals surface area contributed by atoms with Crippen molar-refractivity contribution in [3.05, 3.63) is 28.2 Å². The van der Waals surface area contributed by atoms with Gasteiger partial charge in [-0.2, -0.15) is 13.2 Å². The van der Waals surface area contributed by atoms with Crippen molar-refractivity contribution >= 4 is 15.9 Å². The normalized spacial score (nSPS) is 20.2. The van der Waals surface area contributed by atoms with Gasteiger partial charge in [-0.3, -0.25) is 0 Å². The van der Waals surface area contributed by atoms with Gasteiger partial charge >= 0.3 is 6.18 Å². The Morgan fingerprint density at radius 1 is 1.30 bits per heavy atom. The minimum Gasteiger partial charge on any atom is -0.486 e. The highest BCUT2D eigenvalue weighted by atomic mass is 79.9. The maximum atomic E-state index is 12.8. The van der Waals surface area contributed by atoms with E-state index in [2.05, 4.69) is 21.2 Å². The first-order valence-corrected chi connectivity index (χ1v) is 7.26. The van der Waals surface area contributed by atoms with Crippen molar-refractivity contribution < 1.29 is 17.9 Å². The van der Waals surface area contributed by atoms with Crippen LogP contribution in [0, 0.1) is 5.92 Å². The predicted octanol–water partition coefficient (Wildman–Crippen LogP) is 4.23. The predicted molar refractivity (Wildman–Crippen MR) is 74.8 cm³/mol. The molecule has 1 N–H and O–H groups in total. The van der Waals surface area contributed by atoms with Crippen LogP contribution in [0.3, 0.4) is 0 Å². The van der Waals surface area contributed by atoms with Crippen molar-refractivity contribution in [3.63, 3.8) is 0 Å². The molecule has 1 unspecified atom stereocenters. The molecule has 0 aromatic heterocycles. The van der Waals surface area contributed by atoms with E-state index in [0.29, 0.717) is 4.47 Å². The first kappa shape index (κ1) is 15.6. The molecule has 1 aromatic carbocycles. The molecule has 6 heteroatoms. The number of benzene rings is 1. The lowest BCUT2D eigenvalue weighted by atomic mass is 9.90. The van der Waals surface area contributed by atoms with Crippen LogP contribution in [0.1, 0.15) is 25.8 Å². The highest BCUT2D eigenvalue weighted by Gasteiger charge is 2.36. The summed E-state index contributed by atoms with van der Waals surface area (Å²) in [6, 6.07) is 3.47. The van der Waals surface area contributed by atoms with Crippen LogP contribution in [0.5, 0.6) is 5.75 Å². The first-order chi connectivity index (χ1) is 9.20. The number of alkyl halides is 3. The number of ether oxygens (including phenoxy) is 1. The SMILES string of the molecule is CC(C)(Oc1cc(C(F)(F)F)ccc1Br)C1CCNC1. The monoisotopic (exact) mass is 351 g/mol. The van der Waals surface area contributed by atoms with Gasteiger partial charge in [-0.05, 0) is 60.9 Å². The highest BCUT2D eigenvalue weighted by molar-refractivity contribution is 9.10. The lowest BCUT2D eigenvalue weighted by molar-refractivity contribution is -0.137. The van der Waals surface area contributed by atoms with Gasteiger partial charge < -0.3 is 10.1 Å². The summed E-state index contributed by atoms with van der Waals surface area (Å²) in [7, 11) is 0. The van der Waals surface area contributed by atoms with Gasteiger partial charge in [0.2, 0.25) is 0 Å². The van der Waals surface area contributed by atoms with Crippen molar-refractivity contribution in [1.29, 1.82) is 0 Å². The second kappa shape index (κ2) is 5.56. The third-order valence-corrected chi connectivity index (χ3v) is 4.33. The zero-order valence-electron chi connectivity index (χ0n) is 11.4. The molecule has 1 aliphatic heterocycles. The molecule has 20 heavy (non-hydrogen) atoms. The molecule has 1 aliphatic rings. The smallest absolute Gasteiger partial charge is 0.416 e. The second-order valence-electron chi connectivity index (χ2n) is 5.54. The van der Waals surface area contributed by atoms with Crippen molar-refractivity contribution in [3.8, 4) is 5.75 Å². The third-order valence-electron chi connectivity index (χ3n) is 3.68. The van der Waals surface area contributed by atoms with E-state index in [0.717, 1.165) is 31.6 Å². The fourth-order valence-corrected chi connectivity index (χ4v) is 2.70. The Hall–Kier alpha value is -0.750. The lowest BCUT2D eigenvalue weighted by Gasteiger charge is -2.32. The van der Waals surface area contributed by atoms with Crippen LogP contribution in [0.25, 0.3) is 0 Å². The zero-order valence-corrected chi connectivity index (χ0v) is 12.9. The summed E-state index contributed by atoms with van der Waals surface area (Å²) in [5.74, 6) is 0.515. The molecule has 1 aromatic rings. The molecule has 0 amide bonds. The molecule has 0 aliphatic carbocycles. The van der Waals surface area contributed by atoms with Crippen LogP contribution >= 0.6 is 15.9 Å². The number of hydrogen-bond donors (Lipinski definition) is 1. The Morgan fingerprint density at radius 3 is 2.55 bits per heavy atom. The molecule has 0 radical (unpaired) electrons. The first-order valence-electron chi connectivity index (χ1n) is 6.46. The van der Waals surface area contributed by atoms with Crippen LogP contribution in [0.4, 0.5) is 13.2 Å². The molecule has 2 nitrogen and oxygen atoms in total. The lowest BCUT2D eigenvalue weighted by Crippen LogP contribution is -2.39. The Bertz CT molecular complexity index is 482. The van der Waals surface area contributed by atoms with Crippen molar-refractivity contribution in [2.45, 2.75) is 32.0 Å². The van der Waals surface area contributed by atoms with Crippen molar-refractivity contribution in [2.24, 2.45) is 5.92 Å². The fourth-order valence-electron chi connectivity index (χ4n) is 2.37. The summed E-state index contributed by atoms with van der Waals surface area (Å²) in [5.41, 5.74) is -1.22. The minimum atomic E-state index is -4.36. The molecule has 1 fully saturated rings. The molecular weight excluding hydrogens is 335 g/mol. The van der Waals surface area contributed by atoms with Gasteiger partial charge in [0.1, 0.15) is 11.4 Å². The summed E-state index contributed by atoms with van der Waals surface area (Å²) in [6.45, 7) is 5.57. The number of hydrogen-bond acceptors (Lipinski definition) is 2. The Labute approximate surface area is 124 Å². The van der Waals surface area contributed by atoms with Crippen LogP contribution in [0.15, 0.2) is 22.7 Å². The topological polar surface area (TPSA) is 21.3 Å². The quantitative estimate of drug-likeness (QED) is 0.879. The van der Waals surface area contributed by atoms with Crippen LogP contribution in [-0.4, -0.2) is 18.7 Å². The van der Waals surface area contributed by atoms with E-state index in [1.165, 1.54) is 6.07 Å². The largest absolute Gasteiger partial charge is 0.486 e. The second-order valence-corrected chi connectivity index (χ2v) is 6.39. The van der Waals surface area contributed by atoms with E-state index in [-0.39, 0.29) is 11.7 Å². The van der Waals surface area contributed by atoms with Crippen molar-refractivity contribution in [1.82, 2.24) is 5.32 Å². The number of halogens is 4. The minimum absolute atomic E-state index is 0.233. The van der Waals surface area contributed by atoms with Gasteiger partial charge in [-0.15, -0.1) is 0 Å². The standard InChI is InChI=1S/C14H17BrF3NO/c1-13(2,10-5-6-19-8-10)20-12-7-9(14(16,17)18)3-4-11(12)15/h3-4,7,10,19H,5-6,8H2,1-2H3. The Balaban J connectivity index is 2.23. The molecule has 1 heterocycles. The maximum Gasteiger partial charge on any atom is 0.416 e. The number of nitrogens with one attached hydrogen (secondary N) is 1. The highest BCUT2D eigenvalue weighted by Crippen LogP contribution is 2.38. The third kappa shape index (κ3) is 3.47. The van der Waals surface area contributed by atoms with E-state index in [1.807, 2.05) is 13.8 Å². The molecule has 112 valence electrons. The Morgan fingerprint density at radius 2 is 2.00 bits per heavy atom. The molecule has 0 bridgehead atoms. The number of rotatable bonds is 3. The van der Waals surface area contributed by atoms with E-state index in [1.54, 1.807) is 0 Å². The van der Waals surface area contributed by atoms with Crippen LogP contribution < -0.4 is 10.1 Å². The summed E-state index contributed by atoms with van der Waals surface area (Å²) >= 11 is 3.25. The summed E-state index contributed by atoms with van der Waals surface area (Å²) in [6.07, 6.45) is -3.40. The fraction of sp³-hybridized carbons (Fsp3) is 0.571. The van der Waals surface area contributed by atoms with E-state index in [4.69, 9.17) is 4.74 Å². The van der Waals surface area contributed by atoms with Gasteiger partial charge in [0.15, 0.2) is 0 Å². The van der Waals surface area contributed by atoms with Gasteiger partial charge in [0.05, 0.1) is 10.0 Å². The zero-order chi connectivity index (χ0) is 15.0. The van der Waals surface area contributed by atoms with Crippen LogP contribution in [-0.2, 0) is 6.18 Å². The van der Waals surface area contributed by atoms with Gasteiger partial charge in [0.25, 0.3) is 0 Å². The molecule has 2 rings (SSSR count). The van der Waals surface area contributed by atoms with Gasteiger partial charge in [0, 0.05) is 12.5 Å². The molecule has 1 saturated heterocycles.